The molecule has 0 aromatic heterocycles. The van der Waals surface area contributed by atoms with Gasteiger partial charge >= 0.3 is 6.03 Å². The van der Waals surface area contributed by atoms with Crippen molar-refractivity contribution in [2.75, 3.05) is 32.1 Å². The van der Waals surface area contributed by atoms with Crippen molar-refractivity contribution in [2.45, 2.75) is 6.42 Å². The minimum absolute atomic E-state index is 0.0240. The third-order valence-corrected chi connectivity index (χ3v) is 2.69. The minimum Gasteiger partial charge on any atom is -0.409 e. The maximum atomic E-state index is 13.1. The Morgan fingerprint density at radius 1 is 1.52 bits per heavy atom. The zero-order chi connectivity index (χ0) is 15.7. The molecule has 0 atom stereocenters. The quantitative estimate of drug-likeness (QED) is 0.307. The molecule has 21 heavy (non-hydrogen) atoms. The summed E-state index contributed by atoms with van der Waals surface area (Å²) in [6, 6.07) is 5.18. The van der Waals surface area contributed by atoms with Crippen molar-refractivity contribution >= 4 is 17.6 Å². The van der Waals surface area contributed by atoms with Gasteiger partial charge in [0.15, 0.2) is 0 Å². The number of benzene rings is 1. The third-order valence-electron chi connectivity index (χ3n) is 2.69. The van der Waals surface area contributed by atoms with Crippen molar-refractivity contribution in [3.8, 4) is 0 Å². The number of methoxy groups -OCH3 is 1. The number of hydrogen-bond acceptors (Lipinski definition) is 4. The van der Waals surface area contributed by atoms with Crippen molar-refractivity contribution in [3.63, 3.8) is 0 Å². The van der Waals surface area contributed by atoms with Crippen LogP contribution in [-0.4, -0.2) is 48.8 Å². The molecule has 1 rings (SSSR count). The van der Waals surface area contributed by atoms with Crippen LogP contribution in [0.25, 0.3) is 0 Å². The second-order valence-electron chi connectivity index (χ2n) is 4.26. The second-order valence-corrected chi connectivity index (χ2v) is 4.26. The molecular weight excluding hydrogens is 279 g/mol. The van der Waals surface area contributed by atoms with E-state index >= 15 is 0 Å². The van der Waals surface area contributed by atoms with Gasteiger partial charge in [0, 0.05) is 32.3 Å². The van der Waals surface area contributed by atoms with E-state index in [0.717, 1.165) is 0 Å². The highest BCUT2D eigenvalue weighted by Gasteiger charge is 2.14. The Morgan fingerprint density at radius 3 is 2.90 bits per heavy atom. The largest absolute Gasteiger partial charge is 0.409 e. The van der Waals surface area contributed by atoms with Crippen molar-refractivity contribution < 1.29 is 19.1 Å². The number of ether oxygens (including phenoxy) is 1. The van der Waals surface area contributed by atoms with E-state index in [2.05, 4.69) is 10.5 Å². The van der Waals surface area contributed by atoms with Crippen molar-refractivity contribution in [2.24, 2.45) is 10.9 Å². The van der Waals surface area contributed by atoms with Crippen molar-refractivity contribution in [1.29, 1.82) is 0 Å². The molecule has 0 saturated carbocycles. The van der Waals surface area contributed by atoms with Crippen LogP contribution in [0.4, 0.5) is 14.9 Å². The monoisotopic (exact) mass is 298 g/mol. The van der Waals surface area contributed by atoms with E-state index in [1.807, 2.05) is 0 Å². The lowest BCUT2D eigenvalue weighted by Crippen LogP contribution is -2.39. The molecule has 0 saturated heterocycles. The molecule has 1 aromatic carbocycles. The average molecular weight is 298 g/mol. The first-order chi connectivity index (χ1) is 10.1. The van der Waals surface area contributed by atoms with Crippen LogP contribution in [0.15, 0.2) is 29.4 Å². The van der Waals surface area contributed by atoms with Gasteiger partial charge in [-0.25, -0.2) is 9.18 Å². The van der Waals surface area contributed by atoms with Gasteiger partial charge in [-0.2, -0.15) is 0 Å². The number of nitrogens with two attached hydrogens (primary N) is 1. The summed E-state index contributed by atoms with van der Waals surface area (Å²) in [6.45, 7) is 0.920. The summed E-state index contributed by atoms with van der Waals surface area (Å²) in [5.41, 5.74) is 5.74. The smallest absolute Gasteiger partial charge is 0.321 e. The van der Waals surface area contributed by atoms with Gasteiger partial charge in [-0.3, -0.25) is 0 Å². The number of rotatable bonds is 7. The highest BCUT2D eigenvalue weighted by molar-refractivity contribution is 5.89. The fourth-order valence-corrected chi connectivity index (χ4v) is 1.58. The third kappa shape index (κ3) is 6.09. The van der Waals surface area contributed by atoms with Crippen molar-refractivity contribution in [3.05, 3.63) is 30.1 Å². The average Bonchev–Trinajstić information content (AvgIpc) is 2.46. The van der Waals surface area contributed by atoms with E-state index in [0.29, 0.717) is 18.8 Å². The minimum atomic E-state index is -0.437. The maximum Gasteiger partial charge on any atom is 0.321 e. The van der Waals surface area contributed by atoms with E-state index in [-0.39, 0.29) is 18.8 Å². The Labute approximate surface area is 122 Å². The topological polar surface area (TPSA) is 100 Å². The molecule has 0 heterocycles. The number of carbonyl (C=O) groups excluding carboxylic acids is 1. The Bertz CT molecular complexity index is 496. The van der Waals surface area contributed by atoms with Gasteiger partial charge in [-0.1, -0.05) is 11.2 Å². The summed E-state index contributed by atoms with van der Waals surface area (Å²) in [5, 5.41) is 13.9. The highest BCUT2D eigenvalue weighted by Crippen LogP contribution is 2.10. The number of hydrogen-bond donors (Lipinski definition) is 3. The molecule has 0 spiro atoms. The summed E-state index contributed by atoms with van der Waals surface area (Å²) in [6.07, 6.45) is 0.219. The molecule has 0 radical (unpaired) electrons. The first kappa shape index (κ1) is 16.7. The molecule has 2 amide bonds. The number of nitrogens with zero attached hydrogens (tertiary/aromatic N) is 2. The van der Waals surface area contributed by atoms with Crippen LogP contribution in [0.2, 0.25) is 0 Å². The number of anilines is 1. The van der Waals surface area contributed by atoms with Crippen LogP contribution in [0.3, 0.4) is 0 Å². The zero-order valence-corrected chi connectivity index (χ0v) is 11.8. The standard InChI is InChI=1S/C13H19FN4O3/c1-21-8-7-18(6-5-12(15)17-20)13(19)16-11-4-2-3-10(14)9-11/h2-4,9,20H,5-8H2,1H3,(H2,15,17)(H,16,19). The van der Waals surface area contributed by atoms with Crippen LogP contribution in [0, 0.1) is 5.82 Å². The van der Waals surface area contributed by atoms with E-state index in [1.165, 1.54) is 30.2 Å². The Hall–Kier alpha value is -2.35. The highest BCUT2D eigenvalue weighted by atomic mass is 19.1. The number of oxime groups is 1. The number of halogens is 1. The summed E-state index contributed by atoms with van der Waals surface area (Å²) in [5.74, 6) is -0.413. The number of nitrogens with one attached hydrogen (secondary N) is 1. The molecule has 0 bridgehead atoms. The van der Waals surface area contributed by atoms with Crippen LogP contribution in [0.5, 0.6) is 0 Å². The summed E-state index contributed by atoms with van der Waals surface area (Å²) in [7, 11) is 1.52. The van der Waals surface area contributed by atoms with Gasteiger partial charge < -0.3 is 25.9 Å². The SMILES string of the molecule is COCCN(CCC(N)=NO)C(=O)Nc1cccc(F)c1. The number of amidine groups is 1. The number of urea groups is 1. The second kappa shape index (κ2) is 8.75. The molecule has 4 N–H and O–H groups in total. The van der Waals surface area contributed by atoms with Gasteiger partial charge in [-0.15, -0.1) is 0 Å². The van der Waals surface area contributed by atoms with Crippen LogP contribution < -0.4 is 11.1 Å². The molecular formula is C13H19FN4O3. The van der Waals surface area contributed by atoms with Crippen LogP contribution >= 0.6 is 0 Å². The van der Waals surface area contributed by atoms with Crippen LogP contribution in [0.1, 0.15) is 6.42 Å². The van der Waals surface area contributed by atoms with Crippen molar-refractivity contribution in [1.82, 2.24) is 4.90 Å². The molecule has 8 heteroatoms. The number of amides is 2. The van der Waals surface area contributed by atoms with Gasteiger partial charge in [0.25, 0.3) is 0 Å². The molecule has 0 fully saturated rings. The summed E-state index contributed by atoms with van der Waals surface area (Å²) >= 11 is 0. The van der Waals surface area contributed by atoms with Gasteiger partial charge in [0.1, 0.15) is 11.7 Å². The Kier molecular flexibility index (Phi) is 6.96. The summed E-state index contributed by atoms with van der Waals surface area (Å²) < 4.78 is 18.0. The van der Waals surface area contributed by atoms with E-state index < -0.39 is 11.8 Å². The fraction of sp³-hybridized carbons (Fsp3) is 0.385. The Morgan fingerprint density at radius 2 is 2.29 bits per heavy atom. The molecule has 7 nitrogen and oxygen atoms in total. The normalized spacial score (nSPS) is 11.2. The van der Waals surface area contributed by atoms with Gasteiger partial charge in [-0.05, 0) is 18.2 Å². The molecule has 0 aliphatic carbocycles. The Balaban J connectivity index is 2.65. The van der Waals surface area contributed by atoms with E-state index in [1.54, 1.807) is 6.07 Å². The zero-order valence-electron chi connectivity index (χ0n) is 11.8. The van der Waals surface area contributed by atoms with E-state index in [9.17, 15) is 9.18 Å². The van der Waals surface area contributed by atoms with Gasteiger partial charge in [0.2, 0.25) is 0 Å². The molecule has 0 unspecified atom stereocenters. The molecule has 116 valence electrons. The molecule has 0 aliphatic heterocycles. The first-order valence-corrected chi connectivity index (χ1v) is 6.33. The molecule has 0 aliphatic rings. The maximum absolute atomic E-state index is 13.1. The molecule has 1 aromatic rings. The van der Waals surface area contributed by atoms with E-state index in [4.69, 9.17) is 15.7 Å². The first-order valence-electron chi connectivity index (χ1n) is 6.33. The number of carbonyl (C=O) groups is 1. The lowest BCUT2D eigenvalue weighted by atomic mass is 10.3. The lowest BCUT2D eigenvalue weighted by Gasteiger charge is -2.22. The van der Waals surface area contributed by atoms with Crippen LogP contribution in [-0.2, 0) is 4.74 Å². The lowest BCUT2D eigenvalue weighted by molar-refractivity contribution is 0.156. The predicted molar refractivity (Wildman–Crippen MR) is 76.9 cm³/mol. The summed E-state index contributed by atoms with van der Waals surface area (Å²) in [4.78, 5) is 13.6. The fourth-order valence-electron chi connectivity index (χ4n) is 1.58. The van der Waals surface area contributed by atoms with Gasteiger partial charge in [0.05, 0.1) is 6.61 Å². The predicted octanol–water partition coefficient (Wildman–Crippen LogP) is 1.44.